The molecule has 1 amide bonds. The SMILES string of the molecule is CC(=O)Nc1cc(Cl)c(Br)cc1F. The van der Waals surface area contributed by atoms with Gasteiger partial charge in [0.2, 0.25) is 5.91 Å². The van der Waals surface area contributed by atoms with Gasteiger partial charge in [-0.05, 0) is 28.1 Å². The first-order chi connectivity index (χ1) is 6.00. The lowest BCUT2D eigenvalue weighted by atomic mass is 10.3. The first-order valence-corrected chi connectivity index (χ1v) is 4.60. The van der Waals surface area contributed by atoms with Crippen molar-refractivity contribution in [2.45, 2.75) is 6.92 Å². The molecule has 1 rings (SSSR count). The molecule has 0 heterocycles. The van der Waals surface area contributed by atoms with Crippen LogP contribution in [0.15, 0.2) is 16.6 Å². The summed E-state index contributed by atoms with van der Waals surface area (Å²) in [5.41, 5.74) is 0.0840. The van der Waals surface area contributed by atoms with Gasteiger partial charge in [-0.3, -0.25) is 4.79 Å². The Balaban J connectivity index is 3.08. The summed E-state index contributed by atoms with van der Waals surface area (Å²) in [6, 6.07) is 2.55. The number of amides is 1. The van der Waals surface area contributed by atoms with E-state index in [-0.39, 0.29) is 11.6 Å². The normalized spacial score (nSPS) is 9.85. The second kappa shape index (κ2) is 4.07. The molecule has 5 heteroatoms. The first-order valence-electron chi connectivity index (χ1n) is 3.43. The molecule has 1 N–H and O–H groups in total. The molecule has 0 aromatic heterocycles. The molecule has 0 fully saturated rings. The summed E-state index contributed by atoms with van der Waals surface area (Å²) < 4.78 is 13.5. The summed E-state index contributed by atoms with van der Waals surface area (Å²) in [6.45, 7) is 1.30. The van der Waals surface area contributed by atoms with Crippen molar-refractivity contribution >= 4 is 39.1 Å². The summed E-state index contributed by atoms with van der Waals surface area (Å²) >= 11 is 8.77. The zero-order valence-electron chi connectivity index (χ0n) is 6.70. The molecule has 13 heavy (non-hydrogen) atoms. The minimum atomic E-state index is -0.522. The van der Waals surface area contributed by atoms with Crippen LogP contribution in [0.2, 0.25) is 5.02 Å². The maximum atomic E-state index is 13.1. The first kappa shape index (κ1) is 10.5. The number of rotatable bonds is 1. The van der Waals surface area contributed by atoms with E-state index < -0.39 is 5.82 Å². The predicted octanol–water partition coefficient (Wildman–Crippen LogP) is 3.20. The standard InChI is InChI=1S/C8H6BrClFNO/c1-4(13)12-8-3-6(10)5(9)2-7(8)11/h2-3H,1H3,(H,12,13). The average molecular weight is 266 g/mol. The van der Waals surface area contributed by atoms with Crippen molar-refractivity contribution in [3.8, 4) is 0 Å². The van der Waals surface area contributed by atoms with Crippen LogP contribution >= 0.6 is 27.5 Å². The van der Waals surface area contributed by atoms with Crippen molar-refractivity contribution in [1.82, 2.24) is 0 Å². The van der Waals surface area contributed by atoms with Crippen LogP contribution in [0.1, 0.15) is 6.92 Å². The number of hydrogen-bond acceptors (Lipinski definition) is 1. The number of hydrogen-bond donors (Lipinski definition) is 1. The second-order valence-electron chi connectivity index (χ2n) is 2.43. The van der Waals surface area contributed by atoms with Crippen LogP contribution in [-0.4, -0.2) is 5.91 Å². The molecule has 1 aromatic carbocycles. The van der Waals surface area contributed by atoms with Gasteiger partial charge >= 0.3 is 0 Å². The number of carbonyl (C=O) groups is 1. The van der Waals surface area contributed by atoms with E-state index in [9.17, 15) is 9.18 Å². The Morgan fingerprint density at radius 2 is 2.23 bits per heavy atom. The Labute approximate surface area is 88.2 Å². The van der Waals surface area contributed by atoms with Crippen LogP contribution in [0.25, 0.3) is 0 Å². The highest BCUT2D eigenvalue weighted by atomic mass is 79.9. The molecule has 0 spiro atoms. The zero-order valence-corrected chi connectivity index (χ0v) is 9.04. The van der Waals surface area contributed by atoms with Gasteiger partial charge in [-0.15, -0.1) is 0 Å². The summed E-state index contributed by atoms with van der Waals surface area (Å²) in [5.74, 6) is -0.858. The molecule has 0 saturated carbocycles. The van der Waals surface area contributed by atoms with Gasteiger partial charge in [0, 0.05) is 11.4 Å². The maximum absolute atomic E-state index is 13.1. The monoisotopic (exact) mass is 265 g/mol. The Hall–Kier alpha value is -0.610. The van der Waals surface area contributed by atoms with Crippen LogP contribution in [0.5, 0.6) is 0 Å². The van der Waals surface area contributed by atoms with Crippen molar-refractivity contribution in [1.29, 1.82) is 0 Å². The Kier molecular flexibility index (Phi) is 3.27. The summed E-state index contributed by atoms with van der Waals surface area (Å²) in [4.78, 5) is 10.6. The lowest BCUT2D eigenvalue weighted by Crippen LogP contribution is -2.07. The van der Waals surface area contributed by atoms with Crippen LogP contribution in [0.4, 0.5) is 10.1 Å². The molecule has 0 unspecified atom stereocenters. The van der Waals surface area contributed by atoms with E-state index in [2.05, 4.69) is 21.2 Å². The molecule has 0 aliphatic carbocycles. The maximum Gasteiger partial charge on any atom is 0.221 e. The van der Waals surface area contributed by atoms with E-state index in [1.807, 2.05) is 0 Å². The summed E-state index contributed by atoms with van der Waals surface area (Å²) in [6.07, 6.45) is 0. The smallest absolute Gasteiger partial charge is 0.221 e. The third-order valence-electron chi connectivity index (χ3n) is 1.32. The van der Waals surface area contributed by atoms with Gasteiger partial charge in [0.05, 0.1) is 10.7 Å². The largest absolute Gasteiger partial charge is 0.324 e. The van der Waals surface area contributed by atoms with Gasteiger partial charge in [0.25, 0.3) is 0 Å². The number of anilines is 1. The van der Waals surface area contributed by atoms with Gasteiger partial charge in [-0.25, -0.2) is 4.39 Å². The van der Waals surface area contributed by atoms with Gasteiger partial charge in [0.15, 0.2) is 0 Å². The minimum absolute atomic E-state index is 0.0840. The van der Waals surface area contributed by atoms with E-state index in [1.165, 1.54) is 19.1 Å². The molecule has 0 aliphatic heterocycles. The zero-order chi connectivity index (χ0) is 10.0. The van der Waals surface area contributed by atoms with E-state index in [4.69, 9.17) is 11.6 Å². The molecule has 0 bridgehead atoms. The van der Waals surface area contributed by atoms with Crippen LogP contribution in [0, 0.1) is 5.82 Å². The highest BCUT2D eigenvalue weighted by molar-refractivity contribution is 9.10. The Bertz CT molecular complexity index is 356. The van der Waals surface area contributed by atoms with E-state index in [0.717, 1.165) is 0 Å². The molecular formula is C8H6BrClFNO. The Morgan fingerprint density at radius 3 is 2.77 bits per heavy atom. The quantitative estimate of drug-likeness (QED) is 0.777. The van der Waals surface area contributed by atoms with Crippen molar-refractivity contribution in [2.24, 2.45) is 0 Å². The van der Waals surface area contributed by atoms with Crippen LogP contribution < -0.4 is 5.32 Å². The van der Waals surface area contributed by atoms with Gasteiger partial charge in [-0.1, -0.05) is 11.6 Å². The van der Waals surface area contributed by atoms with Crippen molar-refractivity contribution < 1.29 is 9.18 Å². The second-order valence-corrected chi connectivity index (χ2v) is 3.69. The fourth-order valence-electron chi connectivity index (χ4n) is 0.808. The van der Waals surface area contributed by atoms with Crippen molar-refractivity contribution in [3.63, 3.8) is 0 Å². The summed E-state index contributed by atoms with van der Waals surface area (Å²) in [7, 11) is 0. The van der Waals surface area contributed by atoms with Gasteiger partial charge in [0.1, 0.15) is 5.82 Å². The highest BCUT2D eigenvalue weighted by Gasteiger charge is 2.07. The number of carbonyl (C=O) groups excluding carboxylic acids is 1. The van der Waals surface area contributed by atoms with E-state index in [0.29, 0.717) is 9.50 Å². The van der Waals surface area contributed by atoms with Crippen LogP contribution in [-0.2, 0) is 4.79 Å². The molecule has 0 saturated heterocycles. The number of nitrogens with one attached hydrogen (secondary N) is 1. The number of benzene rings is 1. The van der Waals surface area contributed by atoms with E-state index >= 15 is 0 Å². The highest BCUT2D eigenvalue weighted by Crippen LogP contribution is 2.28. The molecule has 70 valence electrons. The van der Waals surface area contributed by atoms with Crippen molar-refractivity contribution in [3.05, 3.63) is 27.4 Å². The molecule has 0 radical (unpaired) electrons. The topological polar surface area (TPSA) is 29.1 Å². The Morgan fingerprint density at radius 1 is 1.62 bits per heavy atom. The van der Waals surface area contributed by atoms with E-state index in [1.54, 1.807) is 0 Å². The van der Waals surface area contributed by atoms with Crippen molar-refractivity contribution in [2.75, 3.05) is 5.32 Å². The predicted molar refractivity (Wildman–Crippen MR) is 53.4 cm³/mol. The molecule has 2 nitrogen and oxygen atoms in total. The lowest BCUT2D eigenvalue weighted by molar-refractivity contribution is -0.114. The molecule has 0 aliphatic rings. The molecule has 1 aromatic rings. The number of halogens is 3. The van der Waals surface area contributed by atoms with Gasteiger partial charge in [-0.2, -0.15) is 0 Å². The lowest BCUT2D eigenvalue weighted by Gasteiger charge is -2.05. The fourth-order valence-corrected chi connectivity index (χ4v) is 1.29. The summed E-state index contributed by atoms with van der Waals surface area (Å²) in [5, 5.41) is 2.67. The van der Waals surface area contributed by atoms with Crippen LogP contribution in [0.3, 0.4) is 0 Å². The molecular weight excluding hydrogens is 260 g/mol. The molecule has 0 atom stereocenters. The van der Waals surface area contributed by atoms with Gasteiger partial charge < -0.3 is 5.32 Å². The fraction of sp³-hybridized carbons (Fsp3) is 0.125. The average Bonchev–Trinajstić information content (AvgIpc) is 1.99. The minimum Gasteiger partial charge on any atom is -0.324 e. The third kappa shape index (κ3) is 2.67. The third-order valence-corrected chi connectivity index (χ3v) is 2.52.